The van der Waals surface area contributed by atoms with Crippen molar-refractivity contribution in [3.05, 3.63) is 51.7 Å². The van der Waals surface area contributed by atoms with Gasteiger partial charge < -0.3 is 9.64 Å². The smallest absolute Gasteiger partial charge is 0.265 e. The monoisotopic (exact) mass is 436 g/mol. The third-order valence-corrected chi connectivity index (χ3v) is 7.97. The number of carbonyl (C=O) groups is 1. The number of hydrogen-bond acceptors (Lipinski definition) is 5. The molecule has 0 atom stereocenters. The van der Waals surface area contributed by atoms with Gasteiger partial charge in [-0.1, -0.05) is 45.0 Å². The molecular formula is C21H28N2O4S2. The van der Waals surface area contributed by atoms with Crippen molar-refractivity contribution in [3.8, 4) is 0 Å². The van der Waals surface area contributed by atoms with E-state index in [4.69, 9.17) is 4.74 Å². The maximum Gasteiger partial charge on any atom is 0.265 e. The summed E-state index contributed by atoms with van der Waals surface area (Å²) in [7, 11) is -2.01. The van der Waals surface area contributed by atoms with Gasteiger partial charge in [0.1, 0.15) is 9.77 Å². The fourth-order valence-electron chi connectivity index (χ4n) is 3.21. The van der Waals surface area contributed by atoms with Gasteiger partial charge in [-0.15, -0.1) is 11.3 Å². The standard InChI is InChI=1S/C21H28N2O4S2/c1-21(2,3)17-7-5-16(6-8-17)15-22(4)20(24)19-18(9-14-28-19)29(25,26)23-10-12-27-13-11-23/h5-9,14H,10-13,15H2,1-4H3. The number of morpholine rings is 1. The zero-order valence-electron chi connectivity index (χ0n) is 17.3. The summed E-state index contributed by atoms with van der Waals surface area (Å²) in [6, 6.07) is 9.71. The molecule has 2 heterocycles. The van der Waals surface area contributed by atoms with Gasteiger partial charge in [-0.25, -0.2) is 8.42 Å². The van der Waals surface area contributed by atoms with E-state index in [1.54, 1.807) is 17.3 Å². The molecule has 158 valence electrons. The first-order chi connectivity index (χ1) is 13.6. The zero-order chi connectivity index (χ0) is 21.2. The average Bonchev–Trinajstić information content (AvgIpc) is 3.18. The molecule has 0 spiro atoms. The van der Waals surface area contributed by atoms with Gasteiger partial charge in [0.15, 0.2) is 0 Å². The van der Waals surface area contributed by atoms with Gasteiger partial charge in [-0.2, -0.15) is 4.31 Å². The Hall–Kier alpha value is -1.74. The normalized spacial score (nSPS) is 16.0. The molecule has 0 unspecified atom stereocenters. The lowest BCUT2D eigenvalue weighted by Crippen LogP contribution is -2.41. The van der Waals surface area contributed by atoms with Crippen LogP contribution in [-0.4, -0.2) is 56.9 Å². The summed E-state index contributed by atoms with van der Waals surface area (Å²) >= 11 is 1.16. The number of hydrogen-bond donors (Lipinski definition) is 0. The van der Waals surface area contributed by atoms with E-state index < -0.39 is 10.0 Å². The lowest BCUT2D eigenvalue weighted by atomic mass is 9.87. The zero-order valence-corrected chi connectivity index (χ0v) is 19.0. The first-order valence-electron chi connectivity index (χ1n) is 9.61. The SMILES string of the molecule is CN(Cc1ccc(C(C)(C)C)cc1)C(=O)c1sccc1S(=O)(=O)N1CCOCC1. The Morgan fingerprint density at radius 3 is 2.34 bits per heavy atom. The number of sulfonamides is 1. The Morgan fingerprint density at radius 2 is 1.76 bits per heavy atom. The molecule has 0 bridgehead atoms. The summed E-state index contributed by atoms with van der Waals surface area (Å²) in [5.74, 6) is -0.285. The van der Waals surface area contributed by atoms with Crippen LogP contribution in [0.5, 0.6) is 0 Å². The van der Waals surface area contributed by atoms with Crippen molar-refractivity contribution in [1.29, 1.82) is 0 Å². The summed E-state index contributed by atoms with van der Waals surface area (Å²) in [6.07, 6.45) is 0. The van der Waals surface area contributed by atoms with E-state index >= 15 is 0 Å². The Bertz CT molecular complexity index is 953. The van der Waals surface area contributed by atoms with Crippen LogP contribution >= 0.6 is 11.3 Å². The van der Waals surface area contributed by atoms with E-state index in [1.807, 2.05) is 12.1 Å². The minimum Gasteiger partial charge on any atom is -0.379 e. The summed E-state index contributed by atoms with van der Waals surface area (Å²) in [6.45, 7) is 8.25. The molecule has 0 saturated carbocycles. The van der Waals surface area contributed by atoms with Crippen LogP contribution < -0.4 is 0 Å². The van der Waals surface area contributed by atoms with Gasteiger partial charge in [-0.05, 0) is 28.0 Å². The highest BCUT2D eigenvalue weighted by molar-refractivity contribution is 7.89. The second-order valence-electron chi connectivity index (χ2n) is 8.24. The fourth-order valence-corrected chi connectivity index (χ4v) is 6.01. The van der Waals surface area contributed by atoms with Crippen molar-refractivity contribution >= 4 is 27.3 Å². The predicted molar refractivity (Wildman–Crippen MR) is 115 cm³/mol. The molecule has 1 aromatic heterocycles. The van der Waals surface area contributed by atoms with Gasteiger partial charge in [0.05, 0.1) is 13.2 Å². The van der Waals surface area contributed by atoms with E-state index in [9.17, 15) is 13.2 Å². The minimum atomic E-state index is -3.71. The quantitative estimate of drug-likeness (QED) is 0.721. The first kappa shape index (κ1) is 22.0. The molecule has 8 heteroatoms. The predicted octanol–water partition coefficient (Wildman–Crippen LogP) is 3.34. The summed E-state index contributed by atoms with van der Waals surface area (Å²) in [5, 5.41) is 1.66. The molecule has 29 heavy (non-hydrogen) atoms. The lowest BCUT2D eigenvalue weighted by Gasteiger charge is -2.26. The fraction of sp³-hybridized carbons (Fsp3) is 0.476. The molecule has 1 aliphatic heterocycles. The number of benzene rings is 1. The number of carbonyl (C=O) groups excluding carboxylic acids is 1. The maximum atomic E-state index is 13.0. The van der Waals surface area contributed by atoms with Crippen LogP contribution in [0.1, 0.15) is 41.6 Å². The van der Waals surface area contributed by atoms with Crippen molar-refractivity contribution in [1.82, 2.24) is 9.21 Å². The molecule has 1 aromatic carbocycles. The molecular weight excluding hydrogens is 408 g/mol. The number of ether oxygens (including phenoxy) is 1. The van der Waals surface area contributed by atoms with E-state index in [0.29, 0.717) is 32.8 Å². The number of rotatable bonds is 5. The molecule has 1 aliphatic rings. The molecule has 0 N–H and O–H groups in total. The minimum absolute atomic E-state index is 0.0694. The van der Waals surface area contributed by atoms with Crippen LogP contribution in [0.15, 0.2) is 40.6 Å². The third kappa shape index (κ3) is 4.88. The number of nitrogens with zero attached hydrogens (tertiary/aromatic N) is 2. The molecule has 0 radical (unpaired) electrons. The van der Waals surface area contributed by atoms with E-state index in [-0.39, 0.29) is 21.1 Å². The van der Waals surface area contributed by atoms with E-state index in [2.05, 4.69) is 32.9 Å². The van der Waals surface area contributed by atoms with Gasteiger partial charge in [0.2, 0.25) is 10.0 Å². The van der Waals surface area contributed by atoms with Gasteiger partial charge in [0.25, 0.3) is 5.91 Å². The highest BCUT2D eigenvalue weighted by Crippen LogP contribution is 2.28. The van der Waals surface area contributed by atoms with Crippen molar-refractivity contribution in [2.24, 2.45) is 0 Å². The summed E-state index contributed by atoms with van der Waals surface area (Å²) < 4.78 is 32.6. The third-order valence-electron chi connectivity index (χ3n) is 5.00. The van der Waals surface area contributed by atoms with Gasteiger partial charge in [-0.3, -0.25) is 4.79 Å². The van der Waals surface area contributed by atoms with Crippen LogP contribution in [0.25, 0.3) is 0 Å². The van der Waals surface area contributed by atoms with Gasteiger partial charge in [0, 0.05) is 26.7 Å². The van der Waals surface area contributed by atoms with E-state index in [1.165, 1.54) is 15.9 Å². The molecule has 1 saturated heterocycles. The second kappa shape index (κ2) is 8.55. The highest BCUT2D eigenvalue weighted by atomic mass is 32.2. The van der Waals surface area contributed by atoms with Crippen LogP contribution in [0.4, 0.5) is 0 Å². The van der Waals surface area contributed by atoms with Crippen molar-refractivity contribution < 1.29 is 17.9 Å². The second-order valence-corrected chi connectivity index (χ2v) is 11.1. The molecule has 2 aromatic rings. The number of amides is 1. The Morgan fingerprint density at radius 1 is 1.14 bits per heavy atom. The Balaban J connectivity index is 1.76. The topological polar surface area (TPSA) is 66.9 Å². The van der Waals surface area contributed by atoms with Gasteiger partial charge >= 0.3 is 0 Å². The highest BCUT2D eigenvalue weighted by Gasteiger charge is 2.32. The first-order valence-corrected chi connectivity index (χ1v) is 11.9. The van der Waals surface area contributed by atoms with Crippen molar-refractivity contribution in [2.75, 3.05) is 33.4 Å². The average molecular weight is 437 g/mol. The molecule has 6 nitrogen and oxygen atoms in total. The van der Waals surface area contributed by atoms with Crippen LogP contribution in [0, 0.1) is 0 Å². The number of thiophene rings is 1. The molecule has 1 fully saturated rings. The summed E-state index contributed by atoms with van der Waals surface area (Å²) in [4.78, 5) is 14.9. The summed E-state index contributed by atoms with van der Waals surface area (Å²) in [5.41, 5.74) is 2.30. The van der Waals surface area contributed by atoms with E-state index in [0.717, 1.165) is 16.9 Å². The Labute approximate surface area is 177 Å². The Kier molecular flexibility index (Phi) is 6.48. The molecule has 3 rings (SSSR count). The van der Waals surface area contributed by atoms with Crippen molar-refractivity contribution in [2.45, 2.75) is 37.6 Å². The van der Waals surface area contributed by atoms with Crippen LogP contribution in [0.3, 0.4) is 0 Å². The maximum absolute atomic E-state index is 13.0. The lowest BCUT2D eigenvalue weighted by molar-refractivity contribution is 0.0728. The van der Waals surface area contributed by atoms with Crippen molar-refractivity contribution in [3.63, 3.8) is 0 Å². The largest absolute Gasteiger partial charge is 0.379 e. The molecule has 1 amide bonds. The van der Waals surface area contributed by atoms with Crippen LogP contribution in [-0.2, 0) is 26.7 Å². The van der Waals surface area contributed by atoms with Crippen LogP contribution in [0.2, 0.25) is 0 Å². The molecule has 0 aliphatic carbocycles.